The molecule has 0 saturated carbocycles. The van der Waals surface area contributed by atoms with Crippen LogP contribution in [0.1, 0.15) is 27.7 Å². The van der Waals surface area contributed by atoms with E-state index < -0.39 is 5.60 Å². The SMILES string of the molecule is CCN(CC(C)(C)O)C(=O)NCC(C)Sc1ccccc1. The molecule has 4 nitrogen and oxygen atoms in total. The maximum atomic E-state index is 12.1. The fraction of sp³-hybridized carbons (Fsp3) is 0.562. The Morgan fingerprint density at radius 1 is 1.38 bits per heavy atom. The molecule has 0 spiro atoms. The molecule has 1 atom stereocenters. The first-order chi connectivity index (χ1) is 9.81. The van der Waals surface area contributed by atoms with Crippen LogP contribution < -0.4 is 5.32 Å². The molecule has 1 rings (SSSR count). The summed E-state index contributed by atoms with van der Waals surface area (Å²) in [6, 6.07) is 10.0. The Kier molecular flexibility index (Phi) is 7.05. The van der Waals surface area contributed by atoms with Crippen LogP contribution in [0.3, 0.4) is 0 Å². The first kappa shape index (κ1) is 17.9. The van der Waals surface area contributed by atoms with E-state index >= 15 is 0 Å². The van der Waals surface area contributed by atoms with Gasteiger partial charge in [-0.15, -0.1) is 11.8 Å². The standard InChI is InChI=1S/C16H26N2O2S/c1-5-18(12-16(3,4)20)15(19)17-11-13(2)21-14-9-7-6-8-10-14/h6-10,13,20H,5,11-12H2,1-4H3,(H,17,19). The second-order valence-electron chi connectivity index (χ2n) is 5.75. The highest BCUT2D eigenvalue weighted by Gasteiger charge is 2.21. The molecule has 0 aromatic heterocycles. The number of hydrogen-bond donors (Lipinski definition) is 2. The number of likely N-dealkylation sites (N-methyl/N-ethyl adjacent to an activating group) is 1. The molecule has 118 valence electrons. The van der Waals surface area contributed by atoms with Crippen molar-refractivity contribution in [2.24, 2.45) is 0 Å². The molecule has 5 heteroatoms. The lowest BCUT2D eigenvalue weighted by Crippen LogP contribution is -2.47. The van der Waals surface area contributed by atoms with Gasteiger partial charge in [0.1, 0.15) is 0 Å². The highest BCUT2D eigenvalue weighted by molar-refractivity contribution is 8.00. The Morgan fingerprint density at radius 2 is 2.00 bits per heavy atom. The van der Waals surface area contributed by atoms with E-state index in [-0.39, 0.29) is 11.3 Å². The van der Waals surface area contributed by atoms with Crippen molar-refractivity contribution in [3.05, 3.63) is 30.3 Å². The third-order valence-electron chi connectivity index (χ3n) is 2.87. The summed E-state index contributed by atoms with van der Waals surface area (Å²) >= 11 is 1.74. The second-order valence-corrected chi connectivity index (χ2v) is 7.27. The zero-order valence-electron chi connectivity index (χ0n) is 13.3. The number of benzene rings is 1. The number of hydrogen-bond acceptors (Lipinski definition) is 3. The van der Waals surface area contributed by atoms with Crippen LogP contribution >= 0.6 is 11.8 Å². The summed E-state index contributed by atoms with van der Waals surface area (Å²) in [5.74, 6) is 0. The van der Waals surface area contributed by atoms with Crippen LogP contribution in [0.5, 0.6) is 0 Å². The molecule has 0 aliphatic carbocycles. The predicted molar refractivity (Wildman–Crippen MR) is 88.7 cm³/mol. The zero-order valence-corrected chi connectivity index (χ0v) is 14.1. The largest absolute Gasteiger partial charge is 0.389 e. The number of thioether (sulfide) groups is 1. The number of amides is 2. The van der Waals surface area contributed by atoms with Crippen LogP contribution in [0.2, 0.25) is 0 Å². The summed E-state index contributed by atoms with van der Waals surface area (Å²) in [5, 5.41) is 13.0. The number of nitrogens with zero attached hydrogens (tertiary/aromatic N) is 1. The summed E-state index contributed by atoms with van der Waals surface area (Å²) in [7, 11) is 0. The number of nitrogens with one attached hydrogen (secondary N) is 1. The van der Waals surface area contributed by atoms with Gasteiger partial charge in [-0.05, 0) is 32.9 Å². The van der Waals surface area contributed by atoms with Crippen molar-refractivity contribution in [3.63, 3.8) is 0 Å². The van der Waals surface area contributed by atoms with E-state index in [2.05, 4.69) is 24.4 Å². The highest BCUT2D eigenvalue weighted by Crippen LogP contribution is 2.21. The molecule has 0 aliphatic heterocycles. The Hall–Kier alpha value is -1.20. The minimum absolute atomic E-state index is 0.125. The Morgan fingerprint density at radius 3 is 2.52 bits per heavy atom. The molecule has 1 aromatic rings. The number of rotatable bonds is 7. The van der Waals surface area contributed by atoms with E-state index in [0.717, 1.165) is 0 Å². The van der Waals surface area contributed by atoms with Crippen LogP contribution in [-0.2, 0) is 0 Å². The second kappa shape index (κ2) is 8.29. The molecular weight excluding hydrogens is 284 g/mol. The lowest BCUT2D eigenvalue weighted by Gasteiger charge is -2.28. The quantitative estimate of drug-likeness (QED) is 0.761. The number of urea groups is 1. The topological polar surface area (TPSA) is 52.6 Å². The lowest BCUT2D eigenvalue weighted by molar-refractivity contribution is 0.0481. The Labute approximate surface area is 131 Å². The third-order valence-corrected chi connectivity index (χ3v) is 3.98. The van der Waals surface area contributed by atoms with Gasteiger partial charge in [0.05, 0.1) is 12.1 Å². The van der Waals surface area contributed by atoms with Crippen LogP contribution in [0.15, 0.2) is 35.2 Å². The average Bonchev–Trinajstić information content (AvgIpc) is 2.42. The number of carbonyl (C=O) groups is 1. The predicted octanol–water partition coefficient (Wildman–Crippen LogP) is 2.97. The molecule has 0 saturated heterocycles. The van der Waals surface area contributed by atoms with E-state index in [9.17, 15) is 9.90 Å². The fourth-order valence-corrected chi connectivity index (χ4v) is 2.86. The van der Waals surface area contributed by atoms with Crippen LogP contribution in [-0.4, -0.2) is 46.5 Å². The first-order valence-corrected chi connectivity index (χ1v) is 8.16. The van der Waals surface area contributed by atoms with Crippen LogP contribution in [0.25, 0.3) is 0 Å². The molecule has 0 radical (unpaired) electrons. The molecule has 0 heterocycles. The molecular formula is C16H26N2O2S. The fourth-order valence-electron chi connectivity index (χ4n) is 1.91. The van der Waals surface area contributed by atoms with Gasteiger partial charge in [0.15, 0.2) is 0 Å². The molecule has 2 amide bonds. The minimum Gasteiger partial charge on any atom is -0.389 e. The van der Waals surface area contributed by atoms with E-state index in [0.29, 0.717) is 19.6 Å². The van der Waals surface area contributed by atoms with Crippen molar-refractivity contribution in [1.82, 2.24) is 10.2 Å². The van der Waals surface area contributed by atoms with Gasteiger partial charge in [-0.2, -0.15) is 0 Å². The van der Waals surface area contributed by atoms with Crippen molar-refractivity contribution < 1.29 is 9.90 Å². The van der Waals surface area contributed by atoms with Gasteiger partial charge in [-0.3, -0.25) is 0 Å². The molecule has 1 aromatic carbocycles. The number of aliphatic hydroxyl groups is 1. The Bertz CT molecular complexity index is 432. The molecule has 1 unspecified atom stereocenters. The molecule has 21 heavy (non-hydrogen) atoms. The summed E-state index contributed by atoms with van der Waals surface area (Å²) < 4.78 is 0. The van der Waals surface area contributed by atoms with Crippen molar-refractivity contribution in [2.75, 3.05) is 19.6 Å². The minimum atomic E-state index is -0.877. The van der Waals surface area contributed by atoms with Crippen molar-refractivity contribution in [3.8, 4) is 0 Å². The first-order valence-electron chi connectivity index (χ1n) is 7.28. The van der Waals surface area contributed by atoms with Gasteiger partial charge in [0, 0.05) is 23.2 Å². The summed E-state index contributed by atoms with van der Waals surface area (Å²) in [6.45, 7) is 8.91. The molecule has 0 aliphatic rings. The van der Waals surface area contributed by atoms with Gasteiger partial charge in [-0.1, -0.05) is 25.1 Å². The lowest BCUT2D eigenvalue weighted by atomic mass is 10.1. The van der Waals surface area contributed by atoms with Crippen LogP contribution in [0, 0.1) is 0 Å². The maximum Gasteiger partial charge on any atom is 0.317 e. The Balaban J connectivity index is 2.40. The summed E-state index contributed by atoms with van der Waals surface area (Å²) in [6.07, 6.45) is 0. The smallest absolute Gasteiger partial charge is 0.317 e. The van der Waals surface area contributed by atoms with Gasteiger partial charge < -0.3 is 15.3 Å². The van der Waals surface area contributed by atoms with E-state index in [4.69, 9.17) is 0 Å². The van der Waals surface area contributed by atoms with Gasteiger partial charge in [-0.25, -0.2) is 4.79 Å². The highest BCUT2D eigenvalue weighted by atomic mass is 32.2. The van der Waals surface area contributed by atoms with Gasteiger partial charge in [0.2, 0.25) is 0 Å². The van der Waals surface area contributed by atoms with Crippen molar-refractivity contribution >= 4 is 17.8 Å². The average molecular weight is 310 g/mol. The molecule has 0 bridgehead atoms. The summed E-state index contributed by atoms with van der Waals surface area (Å²) in [4.78, 5) is 14.9. The van der Waals surface area contributed by atoms with E-state index in [1.165, 1.54) is 4.90 Å². The summed E-state index contributed by atoms with van der Waals surface area (Å²) in [5.41, 5.74) is -0.877. The normalized spacial score (nSPS) is 12.8. The van der Waals surface area contributed by atoms with E-state index in [1.54, 1.807) is 30.5 Å². The van der Waals surface area contributed by atoms with Crippen molar-refractivity contribution in [2.45, 2.75) is 43.4 Å². The number of carbonyl (C=O) groups excluding carboxylic acids is 1. The molecule has 2 N–H and O–H groups in total. The van der Waals surface area contributed by atoms with Gasteiger partial charge >= 0.3 is 6.03 Å². The van der Waals surface area contributed by atoms with E-state index in [1.807, 2.05) is 25.1 Å². The van der Waals surface area contributed by atoms with Gasteiger partial charge in [0.25, 0.3) is 0 Å². The van der Waals surface area contributed by atoms with Crippen LogP contribution in [0.4, 0.5) is 4.79 Å². The monoisotopic (exact) mass is 310 g/mol. The maximum absolute atomic E-state index is 12.1. The molecule has 0 fully saturated rings. The van der Waals surface area contributed by atoms with Crippen molar-refractivity contribution in [1.29, 1.82) is 0 Å². The third kappa shape index (κ3) is 7.39. The zero-order chi connectivity index (χ0) is 15.9.